The second-order valence-corrected chi connectivity index (χ2v) is 18.7. The van der Waals surface area contributed by atoms with E-state index in [0.717, 1.165) is 62.2 Å². The standard InChI is InChI=1S/C42H80NO8P/c1-6-8-9-10-11-12-13-14-15-16-17-20-24-28-42(45)51-40(35-50-52(46,47)49-30-29-43(3,4)5)34-48-41(44)27-23-21-18-19-22-26-37-32-39(37)33-38-31-36(38)25-7-2/h36-40H,6-35H2,1-5H3/p+1/t36-,37+,38+,39-,40+/m0/s1. The first-order chi connectivity index (χ1) is 24.9. The number of phosphoric acid groups is 1. The van der Waals surface area contributed by atoms with Crippen LogP contribution in [0.15, 0.2) is 0 Å². The monoisotopic (exact) mass is 759 g/mol. The number of ether oxygens (including phenoxy) is 2. The molecule has 0 aromatic carbocycles. The number of hydrogen-bond acceptors (Lipinski definition) is 8. The van der Waals surface area contributed by atoms with Gasteiger partial charge in [0.1, 0.15) is 26.4 Å². The predicted molar refractivity (Wildman–Crippen MR) is 210 cm³/mol. The molecule has 2 saturated carbocycles. The van der Waals surface area contributed by atoms with Gasteiger partial charge >= 0.3 is 20.1 Å². The maximum atomic E-state index is 12.7. The number of carbonyl (C=O) groups excluding carboxylic acids is 2. The van der Waals surface area contributed by atoms with Crippen molar-refractivity contribution in [1.82, 2.24) is 0 Å². The molecule has 10 heteroatoms. The van der Waals surface area contributed by atoms with Gasteiger partial charge in [0.25, 0.3) is 0 Å². The van der Waals surface area contributed by atoms with E-state index in [-0.39, 0.29) is 25.6 Å². The molecule has 1 N–H and O–H groups in total. The summed E-state index contributed by atoms with van der Waals surface area (Å²) >= 11 is 0. The number of phosphoric ester groups is 1. The van der Waals surface area contributed by atoms with Crippen LogP contribution in [0.4, 0.5) is 0 Å². The quantitative estimate of drug-likeness (QED) is 0.0291. The average Bonchev–Trinajstić information content (AvgIpc) is 4.01. The summed E-state index contributed by atoms with van der Waals surface area (Å²) in [6, 6.07) is 0. The minimum Gasteiger partial charge on any atom is -0.606 e. The fourth-order valence-electron chi connectivity index (χ4n) is 7.42. The highest BCUT2D eigenvalue weighted by Crippen LogP contribution is 2.54. The zero-order valence-electron chi connectivity index (χ0n) is 34.3. The Bertz CT molecular complexity index is 928. The molecule has 9 nitrogen and oxygen atoms in total. The van der Waals surface area contributed by atoms with Crippen LogP contribution in [0, 0.1) is 23.7 Å². The molecule has 0 radical (unpaired) electrons. The van der Waals surface area contributed by atoms with Crippen molar-refractivity contribution in [3.63, 3.8) is 0 Å². The van der Waals surface area contributed by atoms with Crippen molar-refractivity contribution < 1.29 is 42.4 Å². The van der Waals surface area contributed by atoms with Crippen LogP contribution in [0.3, 0.4) is 0 Å². The van der Waals surface area contributed by atoms with Crippen LogP contribution < -0.4 is 4.89 Å². The molecule has 2 aliphatic carbocycles. The molecular weight excluding hydrogens is 677 g/mol. The third-order valence-electron chi connectivity index (χ3n) is 11.0. The molecule has 6 atom stereocenters. The molecular formula is C42H81NO8P+. The highest BCUT2D eigenvalue weighted by molar-refractivity contribution is 7.52. The second-order valence-electron chi connectivity index (χ2n) is 17.2. The van der Waals surface area contributed by atoms with Crippen molar-refractivity contribution in [3.05, 3.63) is 0 Å². The van der Waals surface area contributed by atoms with Crippen LogP contribution in [0.5, 0.6) is 0 Å². The largest absolute Gasteiger partial charge is 0.606 e. The summed E-state index contributed by atoms with van der Waals surface area (Å²) in [5.74, 6) is 3.26. The molecule has 52 heavy (non-hydrogen) atoms. The third kappa shape index (κ3) is 26.1. The zero-order chi connectivity index (χ0) is 38.1. The molecule has 306 valence electrons. The fourth-order valence-corrected chi connectivity index (χ4v) is 8.16. The summed E-state index contributed by atoms with van der Waals surface area (Å²) < 4.78 is 21.9. The Hall–Kier alpha value is -0.830. The van der Waals surface area contributed by atoms with Gasteiger partial charge in [-0.1, -0.05) is 136 Å². The lowest BCUT2D eigenvalue weighted by molar-refractivity contribution is -0.870. The highest BCUT2D eigenvalue weighted by Gasteiger charge is 2.44. The summed E-state index contributed by atoms with van der Waals surface area (Å²) in [6.45, 7) is 4.50. The van der Waals surface area contributed by atoms with Gasteiger partial charge in [0, 0.05) is 12.8 Å². The van der Waals surface area contributed by atoms with Gasteiger partial charge in [-0.3, -0.25) is 9.59 Å². The Morgan fingerprint density at radius 2 is 1.15 bits per heavy atom. The van der Waals surface area contributed by atoms with E-state index in [1.807, 2.05) is 21.1 Å². The molecule has 0 amide bonds. The number of nitrogens with zero attached hydrogens (tertiary/aromatic N) is 1. The van der Waals surface area contributed by atoms with E-state index < -0.39 is 26.9 Å². The number of likely N-dealkylation sites (N-methyl/N-ethyl adjacent to an activating group) is 1. The Morgan fingerprint density at radius 3 is 1.69 bits per heavy atom. The highest BCUT2D eigenvalue weighted by atomic mass is 31.2. The predicted octanol–water partition coefficient (Wildman–Crippen LogP) is 9.89. The lowest BCUT2D eigenvalue weighted by Crippen LogP contribution is -2.38. The first kappa shape index (κ1) is 47.3. The molecule has 0 saturated heterocycles. The molecule has 0 spiro atoms. The summed E-state index contributed by atoms with van der Waals surface area (Å²) in [6.07, 6.45) is 29.3. The number of esters is 2. The van der Waals surface area contributed by atoms with Gasteiger partial charge in [0.05, 0.1) is 21.1 Å². The molecule has 2 rings (SSSR count). The van der Waals surface area contributed by atoms with E-state index in [9.17, 15) is 19.4 Å². The van der Waals surface area contributed by atoms with Crippen molar-refractivity contribution in [2.75, 3.05) is 47.5 Å². The summed E-state index contributed by atoms with van der Waals surface area (Å²) in [5, 5.41) is 0. The van der Waals surface area contributed by atoms with Gasteiger partial charge in [-0.15, -0.1) is 0 Å². The summed E-state index contributed by atoms with van der Waals surface area (Å²) in [7, 11) is 1.50. The molecule has 2 aliphatic rings. The van der Waals surface area contributed by atoms with Crippen LogP contribution >= 0.6 is 8.17 Å². The second kappa shape index (κ2) is 27.7. The normalized spacial score (nSPS) is 21.4. The van der Waals surface area contributed by atoms with Crippen molar-refractivity contribution in [1.29, 1.82) is 0 Å². The fraction of sp³-hybridized carbons (Fsp3) is 0.952. The minimum atomic E-state index is -4.36. The van der Waals surface area contributed by atoms with Gasteiger partial charge in [-0.25, -0.2) is 0 Å². The lowest BCUT2D eigenvalue weighted by atomic mass is 10.0. The van der Waals surface area contributed by atoms with Crippen molar-refractivity contribution >= 4 is 20.1 Å². The Labute approximate surface area is 319 Å². The molecule has 2 fully saturated rings. The smallest absolute Gasteiger partial charge is 0.377 e. The number of carbonyl (C=O) groups is 2. The van der Waals surface area contributed by atoms with E-state index in [1.165, 1.54) is 116 Å². The Morgan fingerprint density at radius 1 is 0.654 bits per heavy atom. The van der Waals surface area contributed by atoms with Crippen LogP contribution in [-0.2, 0) is 28.1 Å². The topological polar surface area (TPSA) is 114 Å². The third-order valence-corrected chi connectivity index (χ3v) is 12.0. The Kier molecular flexibility index (Phi) is 25.2. The maximum absolute atomic E-state index is 12.7. The summed E-state index contributed by atoms with van der Waals surface area (Å²) in [5.41, 5.74) is 0. The first-order valence-electron chi connectivity index (χ1n) is 21.7. The van der Waals surface area contributed by atoms with Gasteiger partial charge in [-0.05, 0) is 55.8 Å². The van der Waals surface area contributed by atoms with E-state index in [0.29, 0.717) is 17.4 Å². The van der Waals surface area contributed by atoms with Crippen LogP contribution in [-0.4, -0.2) is 74.9 Å². The molecule has 1 unspecified atom stereocenters. The van der Waals surface area contributed by atoms with Crippen molar-refractivity contribution in [2.45, 2.75) is 187 Å². The van der Waals surface area contributed by atoms with Crippen molar-refractivity contribution in [2.24, 2.45) is 23.7 Å². The van der Waals surface area contributed by atoms with Crippen LogP contribution in [0.25, 0.3) is 0 Å². The van der Waals surface area contributed by atoms with Crippen LogP contribution in [0.1, 0.15) is 181 Å². The SMILES string of the molecule is CCCCCCCCCCCCCCCC(=O)O[C@H](COC(=O)CCCCCCC[C@@H]1C[C@H]1C[C@H]1C[C@@H]1CCC)CO[P+]([O-])(O)OCC[N+](C)(C)C. The van der Waals surface area contributed by atoms with E-state index in [2.05, 4.69) is 13.8 Å². The van der Waals surface area contributed by atoms with Gasteiger partial charge in [0.15, 0.2) is 6.10 Å². The number of hydrogen-bond donors (Lipinski definition) is 1. The van der Waals surface area contributed by atoms with Gasteiger partial charge < -0.3 is 18.9 Å². The molecule has 0 aromatic rings. The number of rotatable bonds is 36. The molecule has 0 aliphatic heterocycles. The van der Waals surface area contributed by atoms with E-state index >= 15 is 0 Å². The van der Waals surface area contributed by atoms with Gasteiger partial charge in [-0.2, -0.15) is 13.9 Å². The maximum Gasteiger partial charge on any atom is 0.377 e. The van der Waals surface area contributed by atoms with E-state index in [1.54, 1.807) is 0 Å². The molecule has 0 aromatic heterocycles. The molecule has 0 bridgehead atoms. The summed E-state index contributed by atoms with van der Waals surface area (Å²) in [4.78, 5) is 47.9. The molecule has 0 heterocycles. The van der Waals surface area contributed by atoms with Gasteiger partial charge in [0.2, 0.25) is 0 Å². The first-order valence-corrected chi connectivity index (χ1v) is 23.2. The van der Waals surface area contributed by atoms with E-state index in [4.69, 9.17) is 18.5 Å². The Balaban J connectivity index is 1.59. The van der Waals surface area contributed by atoms with Crippen LogP contribution in [0.2, 0.25) is 0 Å². The minimum absolute atomic E-state index is 0.0385. The van der Waals surface area contributed by atoms with Crippen molar-refractivity contribution in [3.8, 4) is 0 Å². The zero-order valence-corrected chi connectivity index (χ0v) is 35.2. The number of unbranched alkanes of at least 4 members (excludes halogenated alkanes) is 16. The number of quaternary nitrogens is 1. The lowest BCUT2D eigenvalue weighted by Gasteiger charge is -2.26. The average molecular weight is 759 g/mol.